The maximum atomic E-state index is 14.4. The first-order valence-corrected chi connectivity index (χ1v) is 8.75. The second-order valence-electron chi connectivity index (χ2n) is 6.40. The summed E-state index contributed by atoms with van der Waals surface area (Å²) in [5.41, 5.74) is 6.22. The van der Waals surface area contributed by atoms with E-state index in [9.17, 15) is 9.18 Å². The molecule has 5 nitrogen and oxygen atoms in total. The Kier molecular flexibility index (Phi) is 7.59. The summed E-state index contributed by atoms with van der Waals surface area (Å²) >= 11 is 0. The molecule has 0 spiro atoms. The number of benzene rings is 2. The van der Waals surface area contributed by atoms with Gasteiger partial charge in [-0.3, -0.25) is 4.79 Å². The van der Waals surface area contributed by atoms with Crippen molar-refractivity contribution < 1.29 is 18.7 Å². The highest BCUT2D eigenvalue weighted by Gasteiger charge is 2.30. The number of carbonyl (C=O) groups is 1. The highest BCUT2D eigenvalue weighted by atomic mass is 35.5. The Labute approximate surface area is 164 Å². The SMILES string of the molecule is CC(NC(=O)[C@@H]1CC[C@H](CN)O1)c1ccc(Oc2ccccc2)c(F)c1.Cl. The fraction of sp³-hybridized carbons (Fsp3) is 0.350. The number of nitrogens with two attached hydrogens (primary N) is 1. The number of rotatable bonds is 6. The normalized spacial score (nSPS) is 19.8. The molecule has 1 amide bonds. The van der Waals surface area contributed by atoms with Crippen LogP contribution in [0, 0.1) is 5.82 Å². The number of para-hydroxylation sites is 1. The van der Waals surface area contributed by atoms with Gasteiger partial charge in [-0.1, -0.05) is 24.3 Å². The second-order valence-corrected chi connectivity index (χ2v) is 6.40. The average Bonchev–Trinajstić information content (AvgIpc) is 3.13. The Balaban J connectivity index is 0.00000261. The van der Waals surface area contributed by atoms with Crippen LogP contribution < -0.4 is 15.8 Å². The van der Waals surface area contributed by atoms with Gasteiger partial charge in [0.05, 0.1) is 12.1 Å². The lowest BCUT2D eigenvalue weighted by Crippen LogP contribution is -2.37. The Hall–Kier alpha value is -2.15. The van der Waals surface area contributed by atoms with E-state index in [0.717, 1.165) is 6.42 Å². The molecule has 0 radical (unpaired) electrons. The number of hydrogen-bond acceptors (Lipinski definition) is 4. The molecule has 1 saturated heterocycles. The maximum Gasteiger partial charge on any atom is 0.249 e. The van der Waals surface area contributed by atoms with Crippen LogP contribution in [0.4, 0.5) is 4.39 Å². The fourth-order valence-corrected chi connectivity index (χ4v) is 2.95. The topological polar surface area (TPSA) is 73.6 Å². The molecule has 0 aromatic heterocycles. The van der Waals surface area contributed by atoms with Crippen LogP contribution in [0.25, 0.3) is 0 Å². The van der Waals surface area contributed by atoms with Crippen molar-refractivity contribution in [3.8, 4) is 11.5 Å². The minimum atomic E-state index is -0.489. The quantitative estimate of drug-likeness (QED) is 0.783. The van der Waals surface area contributed by atoms with E-state index in [2.05, 4.69) is 5.32 Å². The van der Waals surface area contributed by atoms with E-state index >= 15 is 0 Å². The van der Waals surface area contributed by atoms with Gasteiger partial charge in [0.15, 0.2) is 11.6 Å². The van der Waals surface area contributed by atoms with Crippen LogP contribution in [0.3, 0.4) is 0 Å². The number of ether oxygens (including phenoxy) is 2. The standard InChI is InChI=1S/C20H23FN2O3.ClH/c1-13(23-20(24)19-10-8-16(12-22)26-19)14-7-9-18(17(21)11-14)25-15-5-3-2-4-6-15;/h2-7,9,11,13,16,19H,8,10,12,22H2,1H3,(H,23,24);1H/t13?,16-,19+;/m1./s1. The molecule has 3 rings (SSSR count). The van der Waals surface area contributed by atoms with E-state index in [1.165, 1.54) is 6.07 Å². The van der Waals surface area contributed by atoms with Crippen LogP contribution in [0.1, 0.15) is 31.4 Å². The van der Waals surface area contributed by atoms with Gasteiger partial charge in [0.2, 0.25) is 5.91 Å². The lowest BCUT2D eigenvalue weighted by Gasteiger charge is -2.18. The van der Waals surface area contributed by atoms with Crippen LogP contribution in [0.5, 0.6) is 11.5 Å². The summed E-state index contributed by atoms with van der Waals surface area (Å²) in [5, 5.41) is 2.87. The van der Waals surface area contributed by atoms with Gasteiger partial charge < -0.3 is 20.5 Å². The third-order valence-corrected chi connectivity index (χ3v) is 4.45. The van der Waals surface area contributed by atoms with Gasteiger partial charge in [-0.2, -0.15) is 0 Å². The highest BCUT2D eigenvalue weighted by molar-refractivity contribution is 5.85. The zero-order valence-corrected chi connectivity index (χ0v) is 15.9. The number of halogens is 2. The largest absolute Gasteiger partial charge is 0.454 e. The summed E-state index contributed by atoms with van der Waals surface area (Å²) in [6.45, 7) is 2.22. The van der Waals surface area contributed by atoms with Gasteiger partial charge in [0, 0.05) is 6.54 Å². The molecule has 0 bridgehead atoms. The number of amides is 1. The van der Waals surface area contributed by atoms with Crippen molar-refractivity contribution in [3.05, 3.63) is 59.9 Å². The Morgan fingerprint density at radius 2 is 2.04 bits per heavy atom. The van der Waals surface area contributed by atoms with Crippen molar-refractivity contribution in [2.24, 2.45) is 5.73 Å². The zero-order chi connectivity index (χ0) is 18.5. The number of hydrogen-bond donors (Lipinski definition) is 2. The van der Waals surface area contributed by atoms with Crippen LogP contribution in [0.15, 0.2) is 48.5 Å². The minimum Gasteiger partial charge on any atom is -0.454 e. The summed E-state index contributed by atoms with van der Waals surface area (Å²) in [7, 11) is 0. The van der Waals surface area contributed by atoms with Crippen molar-refractivity contribution in [2.75, 3.05) is 6.54 Å². The summed E-state index contributed by atoms with van der Waals surface area (Å²) in [5.74, 6) is 0.0305. The maximum absolute atomic E-state index is 14.4. The van der Waals surface area contributed by atoms with E-state index in [0.29, 0.717) is 24.3 Å². The molecule has 3 atom stereocenters. The molecule has 2 aromatic rings. The predicted molar refractivity (Wildman–Crippen MR) is 104 cm³/mol. The minimum absolute atomic E-state index is 0. The van der Waals surface area contributed by atoms with Gasteiger partial charge >= 0.3 is 0 Å². The van der Waals surface area contributed by atoms with Crippen LogP contribution >= 0.6 is 12.4 Å². The molecule has 7 heteroatoms. The molecule has 2 aromatic carbocycles. The Bertz CT molecular complexity index is 760. The molecule has 1 heterocycles. The summed E-state index contributed by atoms with van der Waals surface area (Å²) < 4.78 is 25.5. The first-order chi connectivity index (χ1) is 12.6. The first kappa shape index (κ1) is 21.2. The van der Waals surface area contributed by atoms with Crippen molar-refractivity contribution >= 4 is 18.3 Å². The molecule has 3 N–H and O–H groups in total. The Morgan fingerprint density at radius 3 is 2.67 bits per heavy atom. The number of nitrogens with one attached hydrogen (secondary N) is 1. The third kappa shape index (κ3) is 5.42. The molecule has 146 valence electrons. The summed E-state index contributed by atoms with van der Waals surface area (Å²) in [6, 6.07) is 13.4. The van der Waals surface area contributed by atoms with Gasteiger partial charge in [-0.05, 0) is 49.6 Å². The molecular weight excluding hydrogens is 371 g/mol. The molecule has 1 aliphatic heterocycles. The summed E-state index contributed by atoms with van der Waals surface area (Å²) in [4.78, 5) is 12.3. The lowest BCUT2D eigenvalue weighted by atomic mass is 10.1. The molecule has 1 fully saturated rings. The van der Waals surface area contributed by atoms with Crippen LogP contribution in [0.2, 0.25) is 0 Å². The van der Waals surface area contributed by atoms with Crippen LogP contribution in [-0.4, -0.2) is 24.7 Å². The van der Waals surface area contributed by atoms with Gasteiger partial charge in [-0.25, -0.2) is 4.39 Å². The first-order valence-electron chi connectivity index (χ1n) is 8.75. The highest BCUT2D eigenvalue weighted by Crippen LogP contribution is 2.27. The van der Waals surface area contributed by atoms with Crippen LogP contribution in [-0.2, 0) is 9.53 Å². The summed E-state index contributed by atoms with van der Waals surface area (Å²) in [6.07, 6.45) is 0.881. The Morgan fingerprint density at radius 1 is 1.30 bits per heavy atom. The molecule has 0 aliphatic carbocycles. The smallest absolute Gasteiger partial charge is 0.249 e. The monoisotopic (exact) mass is 394 g/mol. The number of carbonyl (C=O) groups excluding carboxylic acids is 1. The van der Waals surface area contributed by atoms with Crippen molar-refractivity contribution in [1.82, 2.24) is 5.32 Å². The van der Waals surface area contributed by atoms with Gasteiger partial charge in [0.25, 0.3) is 0 Å². The zero-order valence-electron chi connectivity index (χ0n) is 15.1. The molecule has 0 saturated carbocycles. The fourth-order valence-electron chi connectivity index (χ4n) is 2.95. The third-order valence-electron chi connectivity index (χ3n) is 4.45. The average molecular weight is 395 g/mol. The molecule has 27 heavy (non-hydrogen) atoms. The van der Waals surface area contributed by atoms with E-state index < -0.39 is 11.9 Å². The van der Waals surface area contributed by atoms with E-state index in [1.807, 2.05) is 18.2 Å². The van der Waals surface area contributed by atoms with E-state index in [4.69, 9.17) is 15.2 Å². The molecular formula is C20H24ClFN2O3. The van der Waals surface area contributed by atoms with E-state index in [-0.39, 0.29) is 36.2 Å². The lowest BCUT2D eigenvalue weighted by molar-refractivity contribution is -0.132. The predicted octanol–water partition coefficient (Wildman–Crippen LogP) is 3.72. The van der Waals surface area contributed by atoms with Gasteiger partial charge in [0.1, 0.15) is 11.9 Å². The second kappa shape index (κ2) is 9.69. The van der Waals surface area contributed by atoms with Crippen molar-refractivity contribution in [3.63, 3.8) is 0 Å². The molecule has 1 aliphatic rings. The molecule has 1 unspecified atom stereocenters. The van der Waals surface area contributed by atoms with E-state index in [1.54, 1.807) is 31.2 Å². The van der Waals surface area contributed by atoms with Gasteiger partial charge in [-0.15, -0.1) is 12.4 Å². The van der Waals surface area contributed by atoms with Crippen molar-refractivity contribution in [2.45, 2.75) is 38.0 Å². The van der Waals surface area contributed by atoms with Crippen molar-refractivity contribution in [1.29, 1.82) is 0 Å².